The molecule has 59 heteroatoms. The van der Waals surface area contributed by atoms with Gasteiger partial charge in [-0.2, -0.15) is 0 Å². The molecule has 0 aromatic carbocycles. The van der Waals surface area contributed by atoms with Crippen LogP contribution in [0.1, 0.15) is 20.3 Å². The van der Waals surface area contributed by atoms with E-state index < -0.39 is 421 Å². The van der Waals surface area contributed by atoms with E-state index in [1.807, 2.05) is 0 Å². The molecule has 10 fully saturated rings. The van der Waals surface area contributed by atoms with Crippen molar-refractivity contribution in [3.8, 4) is 0 Å². The van der Waals surface area contributed by atoms with Gasteiger partial charge in [0.1, 0.15) is 262 Å². The summed E-state index contributed by atoms with van der Waals surface area (Å²) >= 11 is 0. The zero-order chi connectivity index (χ0) is 95.5. The zero-order valence-corrected chi connectivity index (χ0v) is 68.0. The average molecular weight is 1900 g/mol. The molecule has 59 nitrogen and oxygen atoms in total. The monoisotopic (exact) mass is 1900 g/mol. The lowest BCUT2D eigenvalue weighted by molar-refractivity contribution is -0.415. The largest absolute Gasteiger partial charge is 0.477 e. The summed E-state index contributed by atoms with van der Waals surface area (Å²) in [5.41, 5.74) is 0. The van der Waals surface area contributed by atoms with Crippen molar-refractivity contribution in [1.82, 2.24) is 10.6 Å². The molecular weight excluding hydrogens is 1780 g/mol. The van der Waals surface area contributed by atoms with Gasteiger partial charge in [0.05, 0.1) is 72.2 Å². The third-order valence-electron chi connectivity index (χ3n) is 23.6. The average Bonchev–Trinajstić information content (AvgIpc) is 0.743. The van der Waals surface area contributed by atoms with Gasteiger partial charge in [0.15, 0.2) is 56.6 Å². The summed E-state index contributed by atoms with van der Waals surface area (Å²) in [6.07, 6.45) is -118. The minimum absolute atomic E-state index is 0.811. The second-order valence-corrected chi connectivity index (χ2v) is 32.4. The summed E-state index contributed by atoms with van der Waals surface area (Å²) in [7, 11) is 0. The number of aliphatic hydroxyl groups is 34. The summed E-state index contributed by atoms with van der Waals surface area (Å²) in [5.74, 6) is -7.32. The Morgan fingerprint density at radius 2 is 0.628 bits per heavy atom. The van der Waals surface area contributed by atoms with E-state index in [4.69, 9.17) is 90.0 Å². The van der Waals surface area contributed by atoms with Crippen LogP contribution in [0.5, 0.6) is 0 Å². The van der Waals surface area contributed by atoms with E-state index >= 15 is 0 Å². The van der Waals surface area contributed by atoms with Crippen molar-refractivity contribution in [2.75, 3.05) is 66.1 Å². The van der Waals surface area contributed by atoms with Gasteiger partial charge in [0.25, 0.3) is 5.79 Å². The van der Waals surface area contributed by atoms with E-state index in [0.717, 1.165) is 13.8 Å². The topological polar surface area (TPSA) is 959 Å². The molecular formula is C70H118N2O57. The molecule has 0 aliphatic carbocycles. The second kappa shape index (κ2) is 46.2. The first-order valence-electron chi connectivity index (χ1n) is 40.6. The van der Waals surface area contributed by atoms with Crippen molar-refractivity contribution in [3.63, 3.8) is 0 Å². The Morgan fingerprint density at radius 3 is 1.12 bits per heavy atom. The molecule has 2 amide bonds. The first-order valence-corrected chi connectivity index (χ1v) is 40.6. The van der Waals surface area contributed by atoms with Gasteiger partial charge < -0.3 is 279 Å². The molecule has 0 unspecified atom stereocenters. The number of carbonyl (C=O) groups is 3. The van der Waals surface area contributed by atoms with Crippen LogP contribution < -0.4 is 10.6 Å². The maximum Gasteiger partial charge on any atom is 0.364 e. The fourth-order valence-corrected chi connectivity index (χ4v) is 16.4. The Labute approximate surface area is 726 Å². The highest BCUT2D eigenvalue weighted by molar-refractivity contribution is 5.75. The zero-order valence-electron chi connectivity index (χ0n) is 68.0. The van der Waals surface area contributed by atoms with Crippen LogP contribution in [0.25, 0.3) is 0 Å². The standard InChI is InChI=1S/C70H118N2O57/c1-14(82)71-27-33(94)29(90)22(9-78)112-60(27)123-54-31(92)23(10-79)113-65(44(54)105)122-53-25(12-81)115-61(28(34(53)95)72-15(2)83)124-55-32(93)24(11-80)114-66(45(55)106)125-56-40(101)43(104)62(119-50(56)19(87)6-75)111-13-26-30(91)35(96)41(102)63(116-26)128-59-51(20(88)7-76)121-67(120-49-16(84)3-70(110,69(108)109)129-52(49)21(89)8-77)46(107)57(59)126-68-58(39(100)38(99)48(118-68)18(86)5-74)127-64-42(103)36(97)37(98)47(117-64)17(85)4-73/h16-68,73-81,84-107,110H,3-13H2,1-2H3,(H,71,82)(H,72,83)(H,108,109)/t16-,17+,18+,19-,20+,21-,22-,23-,24-,25-,26-,27-,28-,29-,30-,31+,32+,33-,34-,35+,36+,37+,38+,39+,40-,41-,42+,43+,44-,45-,46+,47-,48-,49-,50-,51-,52-,53-,54+,55+,56+,57-,58+,59-,60+,61+,62+,63+,64-,65+,66+,67+,68-,70-/m1/s1. The van der Waals surface area contributed by atoms with Crippen LogP contribution in [0.3, 0.4) is 0 Å². The fourth-order valence-electron chi connectivity index (χ4n) is 16.4. The number of carboxylic acids is 1. The highest BCUT2D eigenvalue weighted by Gasteiger charge is 2.64. The Balaban J connectivity index is 0.884. The molecule has 10 aliphatic rings. The number of aliphatic hydroxyl groups excluding tert-OH is 33. The predicted octanol–water partition coefficient (Wildman–Crippen LogP) is -25.2. The summed E-state index contributed by atoms with van der Waals surface area (Å²) in [5, 5.41) is 392. The number of rotatable bonds is 36. The molecule has 750 valence electrons. The van der Waals surface area contributed by atoms with Crippen LogP contribution >= 0.6 is 0 Å². The van der Waals surface area contributed by atoms with Gasteiger partial charge in [0.2, 0.25) is 11.8 Å². The molecule has 0 aromatic rings. The van der Waals surface area contributed by atoms with Crippen LogP contribution in [0.15, 0.2) is 0 Å². The molecule has 54 atom stereocenters. The van der Waals surface area contributed by atoms with Gasteiger partial charge in [0, 0.05) is 20.3 Å². The number of hydrogen-bond acceptors (Lipinski definition) is 56. The molecule has 10 saturated heterocycles. The SMILES string of the molecule is CC(=O)N[C@H]1[C@H](O[C@H]2[C@@H](O)[C@@H](CO)O[C@@H](O[C@H]3[C@H](O)[C@H](O)[C@@H](OC[C@H]4O[C@@H](O[C@H]5[C@H](O[C@H]6O[C@H]([C@@H](O)CO)[C@@H](O)[C@H](O)[C@@H]6O[C@H]6O[C@H]([C@@H](O)CO)[C@@H](O)[C@H](O)[C@@H]6O)[C@H](O)[C@@H](O[C@H]6[C@@H]([C@H](O)CO)O[C@@](O)(C(=O)O)C[C@H]6O)O[C@@H]5[C@@H](O)CO)[C@H](O)[C@@H](O)[C@@H]4O)O[C@@H]3[C@H](O)CO)[C@@H]2O)O[C@H](CO)[C@@H](O[C@@H]2O[C@H](CO)[C@H](O)[C@H](O[C@@H]3O[C@H](CO)[C@@H](O)[C@H](O)[C@H]3NC(C)=O)[C@H]2O)[C@@H]1O. The lowest BCUT2D eigenvalue weighted by atomic mass is 9.91. The predicted molar refractivity (Wildman–Crippen MR) is 388 cm³/mol. The van der Waals surface area contributed by atoms with Crippen LogP contribution in [0, 0.1) is 0 Å². The van der Waals surface area contributed by atoms with Crippen LogP contribution in [0.4, 0.5) is 0 Å². The molecule has 37 N–H and O–H groups in total. The van der Waals surface area contributed by atoms with Gasteiger partial charge in [-0.3, -0.25) is 9.59 Å². The van der Waals surface area contributed by atoms with Gasteiger partial charge in [-0.25, -0.2) is 4.79 Å². The molecule has 10 heterocycles. The summed E-state index contributed by atoms with van der Waals surface area (Å²) in [4.78, 5) is 37.3. The number of carboxylic acid groups (broad SMARTS) is 1. The minimum Gasteiger partial charge on any atom is -0.477 e. The summed E-state index contributed by atoms with van der Waals surface area (Å²) in [6, 6.07) is -3.65. The Bertz CT molecular complexity index is 3460. The smallest absolute Gasteiger partial charge is 0.364 e. The molecule has 0 saturated carbocycles. The van der Waals surface area contributed by atoms with Gasteiger partial charge in [-0.1, -0.05) is 0 Å². The first-order chi connectivity index (χ1) is 60.8. The Morgan fingerprint density at radius 1 is 0.302 bits per heavy atom. The lowest BCUT2D eigenvalue weighted by Gasteiger charge is -2.52. The van der Waals surface area contributed by atoms with Crippen molar-refractivity contribution >= 4 is 17.8 Å². The molecule has 0 bridgehead atoms. The van der Waals surface area contributed by atoms with E-state index in [2.05, 4.69) is 10.6 Å². The fraction of sp³-hybridized carbons (Fsp3) is 0.957. The van der Waals surface area contributed by atoms with Gasteiger partial charge in [-0.15, -0.1) is 0 Å². The highest BCUT2D eigenvalue weighted by atomic mass is 16.8. The maximum atomic E-state index is 12.9. The molecule has 0 radical (unpaired) electrons. The summed E-state index contributed by atoms with van der Waals surface area (Å²) in [6.45, 7) is -10.4. The van der Waals surface area contributed by atoms with Crippen molar-refractivity contribution in [3.05, 3.63) is 0 Å². The van der Waals surface area contributed by atoms with Crippen molar-refractivity contribution in [1.29, 1.82) is 0 Å². The molecule has 0 spiro atoms. The minimum atomic E-state index is -3.36. The number of ether oxygens (including phenoxy) is 19. The Hall–Kier alpha value is -3.71. The second-order valence-electron chi connectivity index (χ2n) is 32.4. The van der Waals surface area contributed by atoms with Crippen LogP contribution in [-0.4, -0.2) is 593 Å². The molecule has 0 aromatic heterocycles. The van der Waals surface area contributed by atoms with Gasteiger partial charge >= 0.3 is 5.97 Å². The van der Waals surface area contributed by atoms with E-state index in [1.165, 1.54) is 0 Å². The molecule has 10 rings (SSSR count). The van der Waals surface area contributed by atoms with Crippen molar-refractivity contribution in [2.45, 2.75) is 351 Å². The number of carbonyl (C=O) groups excluding carboxylic acids is 2. The summed E-state index contributed by atoms with van der Waals surface area (Å²) < 4.78 is 110. The van der Waals surface area contributed by atoms with Crippen molar-refractivity contribution < 1.29 is 283 Å². The Kier molecular flexibility index (Phi) is 38.4. The number of aliphatic carboxylic acids is 1. The van der Waals surface area contributed by atoms with Crippen molar-refractivity contribution in [2.24, 2.45) is 0 Å². The van der Waals surface area contributed by atoms with Gasteiger partial charge in [-0.05, 0) is 0 Å². The van der Waals surface area contributed by atoms with E-state index in [0.29, 0.717) is 0 Å². The third-order valence-corrected chi connectivity index (χ3v) is 23.6. The van der Waals surface area contributed by atoms with E-state index in [-0.39, 0.29) is 0 Å². The molecule has 10 aliphatic heterocycles. The number of nitrogens with one attached hydrogen (secondary N) is 2. The first kappa shape index (κ1) is 107. The van der Waals surface area contributed by atoms with E-state index in [1.54, 1.807) is 0 Å². The third kappa shape index (κ3) is 23.2. The number of amides is 2. The maximum absolute atomic E-state index is 12.9. The van der Waals surface area contributed by atoms with Crippen LogP contribution in [-0.2, 0) is 104 Å². The lowest BCUT2D eigenvalue weighted by Crippen LogP contribution is -2.70. The van der Waals surface area contributed by atoms with E-state index in [9.17, 15) is 193 Å². The quantitative estimate of drug-likeness (QED) is 0.0277. The molecule has 129 heavy (non-hydrogen) atoms. The normalized spacial score (nSPS) is 49.0. The van der Waals surface area contributed by atoms with Crippen LogP contribution in [0.2, 0.25) is 0 Å². The highest BCUT2D eigenvalue weighted by Crippen LogP contribution is 2.43. The number of hydrogen-bond donors (Lipinski definition) is 37.